The largest absolute Gasteiger partial charge is 0.383 e. The van der Waals surface area contributed by atoms with Crippen molar-refractivity contribution < 1.29 is 4.74 Å². The summed E-state index contributed by atoms with van der Waals surface area (Å²) in [5.74, 6) is 1.33. The summed E-state index contributed by atoms with van der Waals surface area (Å²) in [6.45, 7) is 3.36. The molecule has 0 unspecified atom stereocenters. The maximum atomic E-state index is 5.10. The van der Waals surface area contributed by atoms with Crippen LogP contribution in [0.1, 0.15) is 5.56 Å². The number of hydrogen-bond acceptors (Lipinski definition) is 5. The van der Waals surface area contributed by atoms with E-state index in [4.69, 9.17) is 4.74 Å². The number of hydrogen-bond donors (Lipinski definition) is 2. The van der Waals surface area contributed by atoms with Crippen LogP contribution in [-0.4, -0.2) is 30.2 Å². The number of methoxy groups -OCH3 is 1. The number of aryl methyl sites for hydroxylation is 1. The zero-order valence-electron chi connectivity index (χ0n) is 14.5. The van der Waals surface area contributed by atoms with Crippen molar-refractivity contribution in [2.24, 2.45) is 0 Å². The molecule has 0 atom stereocenters. The molecule has 5 heteroatoms. The molecule has 5 nitrogen and oxygen atoms in total. The molecule has 3 rings (SSSR count). The summed E-state index contributed by atoms with van der Waals surface area (Å²) in [5.41, 5.74) is 4.06. The molecule has 0 saturated heterocycles. The fourth-order valence-corrected chi connectivity index (χ4v) is 2.48. The Morgan fingerprint density at radius 2 is 1.80 bits per heavy atom. The molecule has 0 saturated carbocycles. The summed E-state index contributed by atoms with van der Waals surface area (Å²) in [4.78, 5) is 9.23. The van der Waals surface area contributed by atoms with Gasteiger partial charge < -0.3 is 15.4 Å². The van der Waals surface area contributed by atoms with Gasteiger partial charge in [-0.2, -0.15) is 4.98 Å². The molecule has 1 aromatic heterocycles. The van der Waals surface area contributed by atoms with E-state index in [1.165, 1.54) is 5.56 Å². The van der Waals surface area contributed by atoms with E-state index in [9.17, 15) is 0 Å². The van der Waals surface area contributed by atoms with Crippen molar-refractivity contribution in [3.8, 4) is 11.3 Å². The van der Waals surface area contributed by atoms with Gasteiger partial charge in [-0.3, -0.25) is 0 Å². The van der Waals surface area contributed by atoms with Crippen molar-refractivity contribution in [2.45, 2.75) is 6.92 Å². The van der Waals surface area contributed by atoms with Crippen LogP contribution < -0.4 is 10.6 Å². The lowest BCUT2D eigenvalue weighted by atomic mass is 10.1. The maximum absolute atomic E-state index is 5.10. The van der Waals surface area contributed by atoms with Crippen LogP contribution in [0.2, 0.25) is 0 Å². The van der Waals surface area contributed by atoms with Crippen LogP contribution in [0.4, 0.5) is 17.5 Å². The number of nitrogens with zero attached hydrogens (tertiary/aromatic N) is 2. The number of nitrogens with one attached hydrogen (secondary N) is 2. The predicted molar refractivity (Wildman–Crippen MR) is 102 cm³/mol. The van der Waals surface area contributed by atoms with Crippen LogP contribution in [-0.2, 0) is 4.74 Å². The Balaban J connectivity index is 1.91. The van der Waals surface area contributed by atoms with E-state index in [-0.39, 0.29) is 0 Å². The summed E-state index contributed by atoms with van der Waals surface area (Å²) >= 11 is 0. The minimum Gasteiger partial charge on any atom is -0.383 e. The van der Waals surface area contributed by atoms with E-state index < -0.39 is 0 Å². The van der Waals surface area contributed by atoms with Gasteiger partial charge in [0.2, 0.25) is 5.95 Å². The Kier molecular flexibility index (Phi) is 5.59. The summed E-state index contributed by atoms with van der Waals surface area (Å²) < 4.78 is 5.10. The molecule has 25 heavy (non-hydrogen) atoms. The van der Waals surface area contributed by atoms with Gasteiger partial charge in [-0.05, 0) is 24.6 Å². The maximum Gasteiger partial charge on any atom is 0.229 e. The van der Waals surface area contributed by atoms with Gasteiger partial charge in [0.25, 0.3) is 0 Å². The number of aromatic nitrogens is 2. The molecule has 0 spiro atoms. The van der Waals surface area contributed by atoms with E-state index in [0.29, 0.717) is 19.1 Å². The molecule has 128 valence electrons. The molecule has 3 aromatic rings. The monoisotopic (exact) mass is 334 g/mol. The van der Waals surface area contributed by atoms with Gasteiger partial charge in [0.15, 0.2) is 0 Å². The number of ether oxygens (including phenoxy) is 1. The van der Waals surface area contributed by atoms with Crippen LogP contribution in [0, 0.1) is 6.92 Å². The highest BCUT2D eigenvalue weighted by Crippen LogP contribution is 2.23. The van der Waals surface area contributed by atoms with Gasteiger partial charge >= 0.3 is 0 Å². The molecule has 2 N–H and O–H groups in total. The van der Waals surface area contributed by atoms with Crippen LogP contribution >= 0.6 is 0 Å². The van der Waals surface area contributed by atoms with Crippen LogP contribution in [0.25, 0.3) is 11.3 Å². The van der Waals surface area contributed by atoms with E-state index in [0.717, 1.165) is 22.8 Å². The van der Waals surface area contributed by atoms with Crippen LogP contribution in [0.3, 0.4) is 0 Å². The Morgan fingerprint density at radius 1 is 0.960 bits per heavy atom. The second-order valence-electron chi connectivity index (χ2n) is 5.74. The van der Waals surface area contributed by atoms with Gasteiger partial charge in [-0.1, -0.05) is 42.5 Å². The number of anilines is 3. The third-order valence-corrected chi connectivity index (χ3v) is 3.68. The molecule has 0 fully saturated rings. The summed E-state index contributed by atoms with van der Waals surface area (Å²) in [6.07, 6.45) is 0. The highest BCUT2D eigenvalue weighted by Gasteiger charge is 2.07. The Morgan fingerprint density at radius 3 is 2.56 bits per heavy atom. The minimum absolute atomic E-state index is 0.562. The Labute approximate surface area is 148 Å². The van der Waals surface area contributed by atoms with Crippen molar-refractivity contribution in [1.82, 2.24) is 9.97 Å². The SMILES string of the molecule is COCCNc1cc(-c2ccccc2)nc(Nc2cccc(C)c2)n1. The standard InChI is InChI=1S/C20H22N4O/c1-15-7-6-10-17(13-15)22-20-23-18(16-8-4-3-5-9-16)14-19(24-20)21-11-12-25-2/h3-10,13-14H,11-12H2,1-2H3,(H2,21,22,23,24). The summed E-state index contributed by atoms with van der Waals surface area (Å²) in [6, 6.07) is 20.2. The Hall–Kier alpha value is -2.92. The van der Waals surface area contributed by atoms with Gasteiger partial charge in [-0.25, -0.2) is 4.98 Å². The fourth-order valence-electron chi connectivity index (χ4n) is 2.48. The van der Waals surface area contributed by atoms with Gasteiger partial charge in [-0.15, -0.1) is 0 Å². The van der Waals surface area contributed by atoms with Crippen molar-refractivity contribution in [3.05, 3.63) is 66.2 Å². The van der Waals surface area contributed by atoms with Crippen LogP contribution in [0.15, 0.2) is 60.7 Å². The van der Waals surface area contributed by atoms with E-state index in [1.54, 1.807) is 7.11 Å². The zero-order valence-corrected chi connectivity index (χ0v) is 14.5. The topological polar surface area (TPSA) is 59.1 Å². The molecule has 0 aliphatic carbocycles. The molecule has 0 aliphatic heterocycles. The molecule has 0 radical (unpaired) electrons. The van der Waals surface area contributed by atoms with Crippen LogP contribution in [0.5, 0.6) is 0 Å². The molecule has 1 heterocycles. The lowest BCUT2D eigenvalue weighted by Crippen LogP contribution is -2.10. The average molecular weight is 334 g/mol. The first-order valence-corrected chi connectivity index (χ1v) is 8.25. The van der Waals surface area contributed by atoms with Crippen molar-refractivity contribution in [1.29, 1.82) is 0 Å². The molecule has 0 bridgehead atoms. The first-order valence-electron chi connectivity index (χ1n) is 8.25. The van der Waals surface area contributed by atoms with Crippen molar-refractivity contribution in [3.63, 3.8) is 0 Å². The predicted octanol–water partition coefficient (Wildman–Crippen LogP) is 4.25. The van der Waals surface area contributed by atoms with E-state index in [2.05, 4.69) is 39.7 Å². The normalized spacial score (nSPS) is 10.5. The second-order valence-corrected chi connectivity index (χ2v) is 5.74. The number of rotatable bonds is 7. The second kappa shape index (κ2) is 8.26. The van der Waals surface area contributed by atoms with Gasteiger partial charge in [0.1, 0.15) is 5.82 Å². The van der Waals surface area contributed by atoms with Gasteiger partial charge in [0, 0.05) is 31.0 Å². The quantitative estimate of drug-likeness (QED) is 0.633. The average Bonchev–Trinajstić information content (AvgIpc) is 2.63. The fraction of sp³-hybridized carbons (Fsp3) is 0.200. The molecular formula is C20H22N4O. The lowest BCUT2D eigenvalue weighted by molar-refractivity contribution is 0.210. The van der Waals surface area contributed by atoms with Gasteiger partial charge in [0.05, 0.1) is 12.3 Å². The van der Waals surface area contributed by atoms with Crippen molar-refractivity contribution in [2.75, 3.05) is 30.9 Å². The van der Waals surface area contributed by atoms with Crippen molar-refractivity contribution >= 4 is 17.5 Å². The first kappa shape index (κ1) is 16.9. The highest BCUT2D eigenvalue weighted by atomic mass is 16.5. The lowest BCUT2D eigenvalue weighted by Gasteiger charge is -2.11. The Bertz CT molecular complexity index is 821. The number of benzene rings is 2. The summed E-state index contributed by atoms with van der Waals surface area (Å²) in [7, 11) is 1.68. The smallest absolute Gasteiger partial charge is 0.229 e. The minimum atomic E-state index is 0.562. The molecule has 0 amide bonds. The van der Waals surface area contributed by atoms with E-state index in [1.807, 2.05) is 48.5 Å². The molecular weight excluding hydrogens is 312 g/mol. The third kappa shape index (κ3) is 4.78. The molecule has 2 aromatic carbocycles. The highest BCUT2D eigenvalue weighted by molar-refractivity contribution is 5.66. The summed E-state index contributed by atoms with van der Waals surface area (Å²) in [5, 5.41) is 6.57. The zero-order chi connectivity index (χ0) is 17.5. The third-order valence-electron chi connectivity index (χ3n) is 3.68. The first-order chi connectivity index (χ1) is 12.2. The van der Waals surface area contributed by atoms with E-state index >= 15 is 0 Å². The molecule has 0 aliphatic rings.